The third-order valence-electron chi connectivity index (χ3n) is 3.98. The number of carbonyl (C=O) groups is 1. The first-order chi connectivity index (χ1) is 9.20. The number of esters is 1. The summed E-state index contributed by atoms with van der Waals surface area (Å²) in [6.07, 6.45) is 1.12. The van der Waals surface area contributed by atoms with Crippen molar-refractivity contribution in [2.24, 2.45) is 0 Å². The van der Waals surface area contributed by atoms with Crippen molar-refractivity contribution in [2.45, 2.75) is 51.3 Å². The van der Waals surface area contributed by atoms with E-state index in [9.17, 15) is 4.79 Å². The van der Waals surface area contributed by atoms with Crippen LogP contribution >= 0.6 is 0 Å². The molecule has 4 atom stereocenters. The van der Waals surface area contributed by atoms with Gasteiger partial charge in [0.15, 0.2) is 6.23 Å². The zero-order valence-electron chi connectivity index (χ0n) is 11.3. The van der Waals surface area contributed by atoms with Crippen molar-refractivity contribution in [1.82, 2.24) is 4.90 Å². The number of hydrogen-bond acceptors (Lipinski definition) is 4. The smallest absolute Gasteiger partial charge is 0.305 e. The fourth-order valence-corrected chi connectivity index (χ4v) is 2.91. The molecule has 0 aromatic heterocycles. The molecule has 1 aromatic rings. The molecule has 0 saturated carbocycles. The van der Waals surface area contributed by atoms with Crippen LogP contribution in [0.3, 0.4) is 0 Å². The lowest BCUT2D eigenvalue weighted by atomic mass is 10.1. The van der Waals surface area contributed by atoms with E-state index in [1.165, 1.54) is 5.56 Å². The highest BCUT2D eigenvalue weighted by molar-refractivity contribution is 5.69. The van der Waals surface area contributed by atoms with Crippen LogP contribution in [0.1, 0.15) is 38.3 Å². The van der Waals surface area contributed by atoms with E-state index in [1.807, 2.05) is 25.1 Å². The molecular formula is C15H19NO3. The number of benzene rings is 1. The molecule has 2 bridgehead atoms. The van der Waals surface area contributed by atoms with Crippen molar-refractivity contribution in [2.75, 3.05) is 0 Å². The van der Waals surface area contributed by atoms with E-state index < -0.39 is 0 Å². The van der Waals surface area contributed by atoms with Gasteiger partial charge < -0.3 is 9.47 Å². The van der Waals surface area contributed by atoms with Crippen molar-refractivity contribution in [3.63, 3.8) is 0 Å². The second kappa shape index (κ2) is 4.94. The molecule has 0 radical (unpaired) electrons. The summed E-state index contributed by atoms with van der Waals surface area (Å²) in [6, 6.07) is 10.6. The van der Waals surface area contributed by atoms with E-state index in [2.05, 4.69) is 24.0 Å². The first-order valence-electron chi connectivity index (χ1n) is 6.88. The fourth-order valence-electron chi connectivity index (χ4n) is 2.91. The molecule has 3 heterocycles. The number of ether oxygens (including phenoxy) is 2. The molecule has 19 heavy (non-hydrogen) atoms. The van der Waals surface area contributed by atoms with Crippen molar-refractivity contribution >= 4 is 5.97 Å². The lowest BCUT2D eigenvalue weighted by Crippen LogP contribution is -2.54. The Balaban J connectivity index is 1.67. The molecule has 3 fully saturated rings. The molecule has 0 amide bonds. The van der Waals surface area contributed by atoms with E-state index >= 15 is 0 Å². The Morgan fingerprint density at radius 3 is 2.89 bits per heavy atom. The van der Waals surface area contributed by atoms with Crippen LogP contribution in [0.15, 0.2) is 30.3 Å². The first-order valence-corrected chi connectivity index (χ1v) is 6.88. The van der Waals surface area contributed by atoms with E-state index in [1.54, 1.807) is 0 Å². The molecule has 2 unspecified atom stereocenters. The third kappa shape index (κ3) is 2.15. The van der Waals surface area contributed by atoms with Crippen LogP contribution in [0.25, 0.3) is 0 Å². The summed E-state index contributed by atoms with van der Waals surface area (Å²) in [7, 11) is 0. The lowest BCUT2D eigenvalue weighted by Gasteiger charge is -2.44. The summed E-state index contributed by atoms with van der Waals surface area (Å²) in [5, 5.41) is 0. The van der Waals surface area contributed by atoms with Gasteiger partial charge in [-0.15, -0.1) is 0 Å². The second-order valence-corrected chi connectivity index (χ2v) is 5.13. The minimum atomic E-state index is -0.145. The van der Waals surface area contributed by atoms with Crippen molar-refractivity contribution in [3.05, 3.63) is 35.9 Å². The number of carbonyl (C=O) groups excluding carboxylic acids is 1. The van der Waals surface area contributed by atoms with Crippen LogP contribution in [-0.4, -0.2) is 29.4 Å². The van der Waals surface area contributed by atoms with Crippen LogP contribution in [0.5, 0.6) is 0 Å². The van der Waals surface area contributed by atoms with Gasteiger partial charge in [0, 0.05) is 18.9 Å². The fraction of sp³-hybridized carbons (Fsp3) is 0.533. The minimum absolute atomic E-state index is 0.0734. The van der Waals surface area contributed by atoms with Crippen molar-refractivity contribution < 1.29 is 14.3 Å². The Bertz CT molecular complexity index is 462. The zero-order valence-corrected chi connectivity index (χ0v) is 11.3. The largest absolute Gasteiger partial charge is 0.458 e. The van der Waals surface area contributed by atoms with E-state index in [4.69, 9.17) is 9.47 Å². The van der Waals surface area contributed by atoms with Crippen LogP contribution in [0, 0.1) is 0 Å². The SMILES string of the molecule is CCC(=O)O[C@H]1CC2OC1N2[C@H](C)c1ccccc1. The molecule has 0 aliphatic carbocycles. The maximum Gasteiger partial charge on any atom is 0.305 e. The van der Waals surface area contributed by atoms with Gasteiger partial charge in [-0.3, -0.25) is 4.79 Å². The number of fused-ring (bicyclic) bond motifs is 1. The summed E-state index contributed by atoms with van der Waals surface area (Å²) in [5.41, 5.74) is 1.27. The van der Waals surface area contributed by atoms with Gasteiger partial charge in [0.05, 0.1) is 0 Å². The van der Waals surface area contributed by atoms with Gasteiger partial charge in [-0.1, -0.05) is 37.3 Å². The standard InChI is InChI=1S/C15H19NO3/c1-3-14(17)18-12-9-13-16(15(12)19-13)10(2)11-7-5-4-6-8-11/h4-8,10,12-13,15H,3,9H2,1-2H3/t10-,12+,13?,15?/m1/s1. The Morgan fingerprint density at radius 1 is 1.47 bits per heavy atom. The topological polar surface area (TPSA) is 38.8 Å². The lowest BCUT2D eigenvalue weighted by molar-refractivity contribution is -0.266. The van der Waals surface area contributed by atoms with Gasteiger partial charge in [-0.25, -0.2) is 4.90 Å². The molecule has 3 aliphatic heterocycles. The van der Waals surface area contributed by atoms with Crippen molar-refractivity contribution in [3.8, 4) is 0 Å². The zero-order chi connectivity index (χ0) is 13.4. The molecule has 4 rings (SSSR count). The Labute approximate surface area is 113 Å². The molecule has 0 spiro atoms. The average Bonchev–Trinajstić information content (AvgIpc) is 2.97. The predicted octanol–water partition coefficient (Wildman–Crippen LogP) is 2.46. The van der Waals surface area contributed by atoms with E-state index in [0.717, 1.165) is 6.42 Å². The van der Waals surface area contributed by atoms with Crippen LogP contribution in [0.4, 0.5) is 0 Å². The van der Waals surface area contributed by atoms with Crippen molar-refractivity contribution in [1.29, 1.82) is 0 Å². The normalized spacial score (nSPS) is 30.7. The molecule has 4 heteroatoms. The quantitative estimate of drug-likeness (QED) is 0.780. The summed E-state index contributed by atoms with van der Waals surface area (Å²) in [6.45, 7) is 3.98. The van der Waals surface area contributed by atoms with Gasteiger partial charge in [-0.05, 0) is 12.5 Å². The summed E-state index contributed by atoms with van der Waals surface area (Å²) in [5.74, 6) is -0.145. The Morgan fingerprint density at radius 2 is 2.21 bits per heavy atom. The molecule has 1 aromatic carbocycles. The van der Waals surface area contributed by atoms with Gasteiger partial charge in [0.2, 0.25) is 0 Å². The van der Waals surface area contributed by atoms with Gasteiger partial charge in [0.25, 0.3) is 0 Å². The highest BCUT2D eigenvalue weighted by Crippen LogP contribution is 2.45. The molecular weight excluding hydrogens is 242 g/mol. The maximum absolute atomic E-state index is 11.4. The summed E-state index contributed by atoms with van der Waals surface area (Å²) >= 11 is 0. The summed E-state index contributed by atoms with van der Waals surface area (Å²) < 4.78 is 11.1. The Hall–Kier alpha value is -1.39. The highest BCUT2D eigenvalue weighted by atomic mass is 16.6. The number of hydrogen-bond donors (Lipinski definition) is 0. The maximum atomic E-state index is 11.4. The third-order valence-corrected chi connectivity index (χ3v) is 3.98. The first kappa shape index (κ1) is 12.6. The van der Waals surface area contributed by atoms with Crippen LogP contribution in [0.2, 0.25) is 0 Å². The van der Waals surface area contributed by atoms with E-state index in [-0.39, 0.29) is 30.6 Å². The van der Waals surface area contributed by atoms with Crippen LogP contribution < -0.4 is 0 Å². The second-order valence-electron chi connectivity index (χ2n) is 5.13. The van der Waals surface area contributed by atoms with Gasteiger partial charge in [-0.2, -0.15) is 0 Å². The molecule has 0 N–H and O–H groups in total. The van der Waals surface area contributed by atoms with E-state index in [0.29, 0.717) is 6.42 Å². The molecule has 3 saturated heterocycles. The Kier molecular flexibility index (Phi) is 3.29. The average molecular weight is 261 g/mol. The molecule has 3 aliphatic rings. The monoisotopic (exact) mass is 261 g/mol. The minimum Gasteiger partial charge on any atom is -0.458 e. The van der Waals surface area contributed by atoms with Gasteiger partial charge in [0.1, 0.15) is 12.3 Å². The summed E-state index contributed by atoms with van der Waals surface area (Å²) in [4.78, 5) is 13.7. The van der Waals surface area contributed by atoms with Crippen LogP contribution in [-0.2, 0) is 14.3 Å². The number of nitrogens with zero attached hydrogens (tertiary/aromatic N) is 1. The molecule has 102 valence electrons. The number of rotatable bonds is 4. The molecule has 4 nitrogen and oxygen atoms in total. The van der Waals surface area contributed by atoms with Gasteiger partial charge >= 0.3 is 5.97 Å². The predicted molar refractivity (Wildman–Crippen MR) is 70.1 cm³/mol. The highest BCUT2D eigenvalue weighted by Gasteiger charge is 2.56.